The van der Waals surface area contributed by atoms with E-state index in [9.17, 15) is 4.79 Å². The maximum Gasteiger partial charge on any atom is 0.254 e. The van der Waals surface area contributed by atoms with Gasteiger partial charge in [0.15, 0.2) is 11.5 Å². The fourth-order valence-corrected chi connectivity index (χ4v) is 3.04. The molecule has 0 fully saturated rings. The number of hydrogen-bond donors (Lipinski definition) is 0. The van der Waals surface area contributed by atoms with Crippen molar-refractivity contribution in [1.82, 2.24) is 15.0 Å². The van der Waals surface area contributed by atoms with E-state index in [2.05, 4.69) is 10.1 Å². The van der Waals surface area contributed by atoms with Gasteiger partial charge in [0, 0.05) is 22.7 Å². The van der Waals surface area contributed by atoms with Crippen molar-refractivity contribution in [2.24, 2.45) is 0 Å². The van der Waals surface area contributed by atoms with Crippen LogP contribution in [0.3, 0.4) is 0 Å². The number of amides is 1. The van der Waals surface area contributed by atoms with Gasteiger partial charge in [0.2, 0.25) is 17.5 Å². The highest BCUT2D eigenvalue weighted by Gasteiger charge is 2.22. The van der Waals surface area contributed by atoms with Gasteiger partial charge in [0.1, 0.15) is 6.54 Å². The van der Waals surface area contributed by atoms with Crippen LogP contribution in [0, 0.1) is 0 Å². The number of ether oxygens (including phenoxy) is 3. The lowest BCUT2D eigenvalue weighted by molar-refractivity contribution is 0.0733. The van der Waals surface area contributed by atoms with Crippen molar-refractivity contribution in [2.45, 2.75) is 13.5 Å². The molecule has 1 amide bonds. The Morgan fingerprint density at radius 2 is 1.70 bits per heavy atom. The third-order valence-electron chi connectivity index (χ3n) is 4.48. The molecule has 1 aromatic heterocycles. The summed E-state index contributed by atoms with van der Waals surface area (Å²) in [4.78, 5) is 19.1. The molecule has 0 saturated carbocycles. The topological polar surface area (TPSA) is 86.9 Å². The van der Waals surface area contributed by atoms with Gasteiger partial charge in [-0.25, -0.2) is 0 Å². The fraction of sp³-hybridized carbons (Fsp3) is 0.286. The van der Waals surface area contributed by atoms with Crippen molar-refractivity contribution in [1.29, 1.82) is 0 Å². The summed E-state index contributed by atoms with van der Waals surface area (Å²) in [6.07, 6.45) is 0. The third-order valence-corrected chi connectivity index (χ3v) is 4.73. The molecule has 0 spiro atoms. The van der Waals surface area contributed by atoms with Gasteiger partial charge in [-0.05, 0) is 43.3 Å². The molecule has 0 unspecified atom stereocenters. The number of benzene rings is 2. The summed E-state index contributed by atoms with van der Waals surface area (Å²) < 4.78 is 21.3. The second kappa shape index (κ2) is 9.49. The first kappa shape index (κ1) is 21.4. The van der Waals surface area contributed by atoms with Gasteiger partial charge >= 0.3 is 0 Å². The van der Waals surface area contributed by atoms with E-state index in [1.807, 2.05) is 6.92 Å². The number of carbonyl (C=O) groups excluding carboxylic acids is 1. The highest BCUT2D eigenvalue weighted by atomic mass is 35.5. The number of halogens is 1. The molecular weight excluding hydrogens is 410 g/mol. The van der Waals surface area contributed by atoms with Gasteiger partial charge in [-0.2, -0.15) is 4.98 Å². The van der Waals surface area contributed by atoms with Crippen LogP contribution in [0.15, 0.2) is 40.9 Å². The van der Waals surface area contributed by atoms with E-state index < -0.39 is 0 Å². The van der Waals surface area contributed by atoms with Crippen LogP contribution in [0.1, 0.15) is 23.2 Å². The molecule has 0 radical (unpaired) electrons. The Balaban J connectivity index is 1.83. The Hall–Kier alpha value is -3.26. The minimum absolute atomic E-state index is 0.159. The molecule has 158 valence electrons. The molecule has 3 rings (SSSR count). The molecule has 3 aromatic rings. The van der Waals surface area contributed by atoms with Crippen LogP contribution in [0.2, 0.25) is 5.02 Å². The van der Waals surface area contributed by atoms with Gasteiger partial charge in [-0.15, -0.1) is 0 Å². The largest absolute Gasteiger partial charge is 0.493 e. The first-order valence-electron chi connectivity index (χ1n) is 9.18. The molecule has 0 aliphatic heterocycles. The zero-order valence-electron chi connectivity index (χ0n) is 17.1. The Kier molecular flexibility index (Phi) is 6.79. The standard InChI is InChI=1S/C21H22ClN3O5/c1-5-25(12-18-23-20(24-30-18)13-6-8-15(22)9-7-13)21(26)14-10-16(27-2)19(29-4)17(11-14)28-3/h6-11H,5,12H2,1-4H3. The predicted molar refractivity (Wildman–Crippen MR) is 111 cm³/mol. The number of nitrogens with zero attached hydrogens (tertiary/aromatic N) is 3. The minimum atomic E-state index is -0.233. The van der Waals surface area contributed by atoms with E-state index in [-0.39, 0.29) is 12.5 Å². The molecule has 9 heteroatoms. The second-order valence-corrected chi connectivity index (χ2v) is 6.69. The zero-order valence-corrected chi connectivity index (χ0v) is 17.9. The van der Waals surface area contributed by atoms with E-state index in [1.165, 1.54) is 21.3 Å². The molecule has 1 heterocycles. The lowest BCUT2D eigenvalue weighted by Gasteiger charge is -2.20. The molecular formula is C21H22ClN3O5. The van der Waals surface area contributed by atoms with E-state index in [0.717, 1.165) is 5.56 Å². The summed E-state index contributed by atoms with van der Waals surface area (Å²) in [5.74, 6) is 1.74. The van der Waals surface area contributed by atoms with E-state index in [1.54, 1.807) is 41.3 Å². The van der Waals surface area contributed by atoms with Crippen molar-refractivity contribution in [3.8, 4) is 28.6 Å². The van der Waals surface area contributed by atoms with Gasteiger partial charge in [0.05, 0.1) is 21.3 Å². The normalized spacial score (nSPS) is 10.6. The highest BCUT2D eigenvalue weighted by molar-refractivity contribution is 6.30. The van der Waals surface area contributed by atoms with E-state index >= 15 is 0 Å². The zero-order chi connectivity index (χ0) is 21.7. The monoisotopic (exact) mass is 431 g/mol. The van der Waals surface area contributed by atoms with E-state index in [4.69, 9.17) is 30.3 Å². The summed E-state index contributed by atoms with van der Waals surface area (Å²) in [5, 5.41) is 4.61. The summed E-state index contributed by atoms with van der Waals surface area (Å²) in [6.45, 7) is 2.47. The van der Waals surface area contributed by atoms with Crippen LogP contribution < -0.4 is 14.2 Å². The Morgan fingerprint density at radius 3 is 2.23 bits per heavy atom. The second-order valence-electron chi connectivity index (χ2n) is 6.25. The summed E-state index contributed by atoms with van der Waals surface area (Å²) in [7, 11) is 4.51. The highest BCUT2D eigenvalue weighted by Crippen LogP contribution is 2.38. The van der Waals surface area contributed by atoms with E-state index in [0.29, 0.717) is 46.1 Å². The summed E-state index contributed by atoms with van der Waals surface area (Å²) in [6, 6.07) is 10.3. The maximum atomic E-state index is 13.1. The SMILES string of the molecule is CCN(Cc1nc(-c2ccc(Cl)cc2)no1)C(=O)c1cc(OC)c(OC)c(OC)c1. The third kappa shape index (κ3) is 4.49. The van der Waals surface area contributed by atoms with Crippen LogP contribution in [0.4, 0.5) is 0 Å². The molecule has 0 N–H and O–H groups in total. The Labute approximate surface area is 179 Å². The molecule has 30 heavy (non-hydrogen) atoms. The lowest BCUT2D eigenvalue weighted by Crippen LogP contribution is -2.30. The van der Waals surface area contributed by atoms with Crippen molar-refractivity contribution < 1.29 is 23.5 Å². The van der Waals surface area contributed by atoms with Crippen LogP contribution in [-0.4, -0.2) is 48.8 Å². The lowest BCUT2D eigenvalue weighted by atomic mass is 10.1. The first-order chi connectivity index (χ1) is 14.5. The Bertz CT molecular complexity index is 995. The molecule has 8 nitrogen and oxygen atoms in total. The molecule has 0 atom stereocenters. The van der Waals surface area contributed by atoms with Crippen molar-refractivity contribution in [2.75, 3.05) is 27.9 Å². The number of hydrogen-bond acceptors (Lipinski definition) is 7. The van der Waals surface area contributed by atoms with Gasteiger partial charge < -0.3 is 23.6 Å². The van der Waals surface area contributed by atoms with Crippen LogP contribution in [0.25, 0.3) is 11.4 Å². The maximum absolute atomic E-state index is 13.1. The number of aromatic nitrogens is 2. The molecule has 2 aromatic carbocycles. The summed E-state index contributed by atoms with van der Waals surface area (Å²) in [5.41, 5.74) is 1.16. The fourth-order valence-electron chi connectivity index (χ4n) is 2.91. The number of carbonyl (C=O) groups is 1. The first-order valence-corrected chi connectivity index (χ1v) is 9.56. The van der Waals surface area contributed by atoms with Crippen molar-refractivity contribution in [3.63, 3.8) is 0 Å². The summed E-state index contributed by atoms with van der Waals surface area (Å²) >= 11 is 5.91. The van der Waals surface area contributed by atoms with Crippen molar-refractivity contribution in [3.05, 3.63) is 52.9 Å². The molecule has 0 aliphatic rings. The van der Waals surface area contributed by atoms with Gasteiger partial charge in [0.25, 0.3) is 5.91 Å². The Morgan fingerprint density at radius 1 is 1.07 bits per heavy atom. The van der Waals surface area contributed by atoms with Crippen LogP contribution >= 0.6 is 11.6 Å². The van der Waals surface area contributed by atoms with Crippen LogP contribution in [-0.2, 0) is 6.54 Å². The molecule has 0 aliphatic carbocycles. The number of rotatable bonds is 8. The quantitative estimate of drug-likeness (QED) is 0.531. The van der Waals surface area contributed by atoms with Crippen molar-refractivity contribution >= 4 is 17.5 Å². The smallest absolute Gasteiger partial charge is 0.254 e. The molecule has 0 saturated heterocycles. The average Bonchev–Trinajstić information content (AvgIpc) is 3.24. The molecule has 0 bridgehead atoms. The minimum Gasteiger partial charge on any atom is -0.493 e. The number of methoxy groups -OCH3 is 3. The average molecular weight is 432 g/mol. The predicted octanol–water partition coefficient (Wildman–Crippen LogP) is 4.08. The van der Waals surface area contributed by atoms with Gasteiger partial charge in [-0.1, -0.05) is 16.8 Å². The van der Waals surface area contributed by atoms with Gasteiger partial charge in [-0.3, -0.25) is 4.79 Å². The van der Waals surface area contributed by atoms with Crippen LogP contribution in [0.5, 0.6) is 17.2 Å².